The molecule has 0 spiro atoms. The smallest absolute Gasteiger partial charge is 0.262 e. The first-order chi connectivity index (χ1) is 12.8. The molecule has 0 bridgehead atoms. The number of hydrogen-bond donors (Lipinski definition) is 2. The molecular weight excluding hydrogens is 360 g/mol. The van der Waals surface area contributed by atoms with E-state index in [9.17, 15) is 13.2 Å². The van der Waals surface area contributed by atoms with Gasteiger partial charge in [-0.25, -0.2) is 8.42 Å². The maximum absolute atomic E-state index is 12.8. The van der Waals surface area contributed by atoms with Crippen LogP contribution >= 0.6 is 0 Å². The first-order valence-corrected chi connectivity index (χ1v) is 10.5. The van der Waals surface area contributed by atoms with Crippen LogP contribution < -0.4 is 10.0 Å². The molecule has 0 aromatic heterocycles. The Morgan fingerprint density at radius 3 is 2.63 bits per heavy atom. The average molecular weight is 385 g/mol. The SMILES string of the molecule is Cc1cccc(NS(=O)(=O)c2cc(NC(=O)CC3C=CCC3)ccc2C)c1. The molecule has 3 rings (SSSR count). The number of hydrogen-bond acceptors (Lipinski definition) is 3. The summed E-state index contributed by atoms with van der Waals surface area (Å²) in [6.45, 7) is 3.64. The van der Waals surface area contributed by atoms with Crippen LogP contribution in [-0.4, -0.2) is 14.3 Å². The van der Waals surface area contributed by atoms with Gasteiger partial charge in [0.15, 0.2) is 0 Å². The number of carbonyl (C=O) groups is 1. The Balaban J connectivity index is 1.77. The van der Waals surface area contributed by atoms with Crippen LogP contribution in [0.3, 0.4) is 0 Å². The molecule has 2 aromatic rings. The Labute approximate surface area is 160 Å². The Morgan fingerprint density at radius 1 is 1.11 bits per heavy atom. The molecule has 2 aromatic carbocycles. The summed E-state index contributed by atoms with van der Waals surface area (Å²) in [6, 6.07) is 12.1. The maximum Gasteiger partial charge on any atom is 0.262 e. The molecule has 5 nitrogen and oxygen atoms in total. The second-order valence-electron chi connectivity index (χ2n) is 6.97. The van der Waals surface area contributed by atoms with Gasteiger partial charge in [-0.2, -0.15) is 0 Å². The summed E-state index contributed by atoms with van der Waals surface area (Å²) in [7, 11) is -3.75. The van der Waals surface area contributed by atoms with Gasteiger partial charge in [0, 0.05) is 17.8 Å². The quantitative estimate of drug-likeness (QED) is 0.725. The molecule has 0 fully saturated rings. The molecule has 6 heteroatoms. The molecule has 27 heavy (non-hydrogen) atoms. The summed E-state index contributed by atoms with van der Waals surface area (Å²) < 4.78 is 28.2. The third-order valence-corrected chi connectivity index (χ3v) is 6.11. The van der Waals surface area contributed by atoms with E-state index in [4.69, 9.17) is 0 Å². The van der Waals surface area contributed by atoms with E-state index in [1.807, 2.05) is 13.0 Å². The maximum atomic E-state index is 12.8. The zero-order valence-electron chi connectivity index (χ0n) is 15.5. The molecule has 0 aliphatic heterocycles. The van der Waals surface area contributed by atoms with Gasteiger partial charge in [-0.15, -0.1) is 0 Å². The minimum absolute atomic E-state index is 0.106. The van der Waals surface area contributed by atoms with Crippen LogP contribution in [-0.2, 0) is 14.8 Å². The van der Waals surface area contributed by atoms with Crippen LogP contribution in [0.2, 0.25) is 0 Å². The lowest BCUT2D eigenvalue weighted by Crippen LogP contribution is -2.17. The molecule has 142 valence electrons. The van der Waals surface area contributed by atoms with Crippen LogP contribution in [0.15, 0.2) is 59.5 Å². The molecule has 1 unspecified atom stereocenters. The molecule has 2 N–H and O–H groups in total. The fourth-order valence-electron chi connectivity index (χ4n) is 3.20. The molecule has 0 radical (unpaired) electrons. The highest BCUT2D eigenvalue weighted by Gasteiger charge is 2.19. The van der Waals surface area contributed by atoms with Crippen molar-refractivity contribution in [3.8, 4) is 0 Å². The first-order valence-electron chi connectivity index (χ1n) is 9.00. The second kappa shape index (κ2) is 7.96. The number of anilines is 2. The average Bonchev–Trinajstić information content (AvgIpc) is 3.09. The van der Waals surface area contributed by atoms with E-state index in [-0.39, 0.29) is 16.7 Å². The summed E-state index contributed by atoms with van der Waals surface area (Å²) in [5, 5.41) is 2.82. The molecule has 1 amide bonds. The topological polar surface area (TPSA) is 75.3 Å². The van der Waals surface area contributed by atoms with Crippen molar-refractivity contribution in [2.45, 2.75) is 38.0 Å². The van der Waals surface area contributed by atoms with Gasteiger partial charge < -0.3 is 5.32 Å². The monoisotopic (exact) mass is 384 g/mol. The zero-order chi connectivity index (χ0) is 19.4. The standard InChI is InChI=1S/C21H24N2O3S/c1-15-6-5-9-19(12-15)23-27(25,26)20-14-18(11-10-16(20)2)22-21(24)13-17-7-3-4-8-17/h3,5-7,9-12,14,17,23H,4,8,13H2,1-2H3,(H,22,24). The number of amides is 1. The van der Waals surface area contributed by atoms with Crippen molar-refractivity contribution >= 4 is 27.3 Å². The van der Waals surface area contributed by atoms with E-state index in [2.05, 4.69) is 22.2 Å². The van der Waals surface area contributed by atoms with Gasteiger partial charge in [0.2, 0.25) is 5.91 Å². The summed E-state index contributed by atoms with van der Waals surface area (Å²) in [6.07, 6.45) is 6.56. The predicted octanol–water partition coefficient (Wildman–Crippen LogP) is 4.40. The van der Waals surface area contributed by atoms with E-state index in [0.29, 0.717) is 23.4 Å². The van der Waals surface area contributed by atoms with Gasteiger partial charge in [-0.3, -0.25) is 9.52 Å². The highest BCUT2D eigenvalue weighted by molar-refractivity contribution is 7.92. The van der Waals surface area contributed by atoms with E-state index in [1.54, 1.807) is 37.3 Å². The second-order valence-corrected chi connectivity index (χ2v) is 8.62. The summed E-state index contributed by atoms with van der Waals surface area (Å²) in [5.74, 6) is 0.159. The lowest BCUT2D eigenvalue weighted by molar-refractivity contribution is -0.116. The van der Waals surface area contributed by atoms with Crippen LogP contribution in [0.4, 0.5) is 11.4 Å². The van der Waals surface area contributed by atoms with E-state index < -0.39 is 10.0 Å². The third-order valence-electron chi connectivity index (χ3n) is 4.59. The largest absolute Gasteiger partial charge is 0.326 e. The molecule has 0 heterocycles. The molecule has 1 aliphatic carbocycles. The van der Waals surface area contributed by atoms with E-state index >= 15 is 0 Å². The van der Waals surface area contributed by atoms with Crippen molar-refractivity contribution in [2.24, 2.45) is 5.92 Å². The minimum Gasteiger partial charge on any atom is -0.326 e. The third kappa shape index (κ3) is 4.98. The van der Waals surface area contributed by atoms with Crippen molar-refractivity contribution in [1.29, 1.82) is 0 Å². The predicted molar refractivity (Wildman–Crippen MR) is 108 cm³/mol. The summed E-state index contributed by atoms with van der Waals surface area (Å²) in [5.41, 5.74) is 2.58. The molecule has 0 saturated carbocycles. The Morgan fingerprint density at radius 2 is 1.93 bits per heavy atom. The molecular formula is C21H24N2O3S. The number of sulfonamides is 1. The summed E-state index contributed by atoms with van der Waals surface area (Å²) >= 11 is 0. The van der Waals surface area contributed by atoms with Crippen LogP contribution in [0.5, 0.6) is 0 Å². The number of nitrogens with one attached hydrogen (secondary N) is 2. The van der Waals surface area contributed by atoms with Crippen molar-refractivity contribution in [3.63, 3.8) is 0 Å². The fourth-order valence-corrected chi connectivity index (χ4v) is 4.52. The minimum atomic E-state index is -3.75. The van der Waals surface area contributed by atoms with Crippen molar-refractivity contribution in [2.75, 3.05) is 10.0 Å². The van der Waals surface area contributed by atoms with Gasteiger partial charge in [0.1, 0.15) is 0 Å². The van der Waals surface area contributed by atoms with Gasteiger partial charge in [0.05, 0.1) is 4.90 Å². The number of benzene rings is 2. The van der Waals surface area contributed by atoms with E-state index in [1.165, 1.54) is 6.07 Å². The Hall–Kier alpha value is -2.60. The Kier molecular flexibility index (Phi) is 5.65. The van der Waals surface area contributed by atoms with E-state index in [0.717, 1.165) is 18.4 Å². The van der Waals surface area contributed by atoms with Crippen LogP contribution in [0, 0.1) is 19.8 Å². The highest BCUT2D eigenvalue weighted by Crippen LogP contribution is 2.25. The fraction of sp³-hybridized carbons (Fsp3) is 0.286. The number of aryl methyl sites for hydroxylation is 2. The lowest BCUT2D eigenvalue weighted by Gasteiger charge is -2.14. The molecule has 1 atom stereocenters. The van der Waals surface area contributed by atoms with Crippen molar-refractivity contribution in [1.82, 2.24) is 0 Å². The number of carbonyl (C=O) groups excluding carboxylic acids is 1. The van der Waals surface area contributed by atoms with Crippen LogP contribution in [0.1, 0.15) is 30.4 Å². The number of rotatable bonds is 6. The van der Waals surface area contributed by atoms with Gasteiger partial charge in [-0.05, 0) is 68.0 Å². The van der Waals surface area contributed by atoms with Crippen molar-refractivity contribution < 1.29 is 13.2 Å². The van der Waals surface area contributed by atoms with Gasteiger partial charge in [-0.1, -0.05) is 30.4 Å². The lowest BCUT2D eigenvalue weighted by atomic mass is 10.1. The van der Waals surface area contributed by atoms with Crippen molar-refractivity contribution in [3.05, 3.63) is 65.7 Å². The van der Waals surface area contributed by atoms with Gasteiger partial charge in [0.25, 0.3) is 10.0 Å². The normalized spacial score (nSPS) is 16.3. The zero-order valence-corrected chi connectivity index (χ0v) is 16.3. The Bertz CT molecular complexity index is 981. The van der Waals surface area contributed by atoms with Crippen LogP contribution in [0.25, 0.3) is 0 Å². The summed E-state index contributed by atoms with van der Waals surface area (Å²) in [4.78, 5) is 12.4. The highest BCUT2D eigenvalue weighted by atomic mass is 32.2. The molecule has 1 aliphatic rings. The molecule has 0 saturated heterocycles. The first kappa shape index (κ1) is 19.2. The van der Waals surface area contributed by atoms with Gasteiger partial charge >= 0.3 is 0 Å². The number of allylic oxidation sites excluding steroid dienone is 2.